The molecule has 0 radical (unpaired) electrons. The van der Waals surface area contributed by atoms with Crippen LogP contribution in [0.25, 0.3) is 0 Å². The van der Waals surface area contributed by atoms with Crippen molar-refractivity contribution in [2.45, 2.75) is 26.1 Å². The van der Waals surface area contributed by atoms with Crippen LogP contribution in [0.4, 0.5) is 0 Å². The van der Waals surface area contributed by atoms with Crippen LogP contribution in [-0.4, -0.2) is 20.9 Å². The molecule has 0 aliphatic heterocycles. The summed E-state index contributed by atoms with van der Waals surface area (Å²) in [5, 5.41) is 10.4. The Hall–Kier alpha value is -2.15. The average Bonchev–Trinajstić information content (AvgIpc) is 2.98. The van der Waals surface area contributed by atoms with Gasteiger partial charge < -0.3 is 15.5 Å². The predicted molar refractivity (Wildman–Crippen MR) is 63.2 cm³/mol. The number of nitrogens with two attached hydrogens (primary N) is 1. The molecule has 0 fully saturated rings. The summed E-state index contributed by atoms with van der Waals surface area (Å²) < 4.78 is 6.65. The lowest BCUT2D eigenvalue weighted by atomic mass is 10.2. The molecule has 1 unspecified atom stereocenters. The Balaban J connectivity index is 1.88. The third-order valence-corrected chi connectivity index (χ3v) is 2.45. The fraction of sp³-hybridized carbons (Fsp3) is 0.364. The van der Waals surface area contributed by atoms with Crippen molar-refractivity contribution in [1.82, 2.24) is 20.3 Å². The molecule has 7 heteroatoms. The van der Waals surface area contributed by atoms with Crippen molar-refractivity contribution < 1.29 is 9.21 Å². The number of rotatable bonds is 5. The van der Waals surface area contributed by atoms with Gasteiger partial charge in [-0.05, 0) is 19.1 Å². The van der Waals surface area contributed by atoms with Crippen LogP contribution >= 0.6 is 0 Å². The van der Waals surface area contributed by atoms with Gasteiger partial charge in [-0.3, -0.25) is 4.79 Å². The zero-order valence-corrected chi connectivity index (χ0v) is 10.0. The molecule has 0 bridgehead atoms. The van der Waals surface area contributed by atoms with Gasteiger partial charge in [-0.25, -0.2) is 4.68 Å². The van der Waals surface area contributed by atoms with E-state index in [4.69, 9.17) is 10.2 Å². The maximum atomic E-state index is 11.7. The molecule has 0 aliphatic rings. The maximum absolute atomic E-state index is 11.7. The molecule has 7 nitrogen and oxygen atoms in total. The smallest absolute Gasteiger partial charge is 0.242 e. The molecular weight excluding hydrogens is 234 g/mol. The van der Waals surface area contributed by atoms with Gasteiger partial charge in [0, 0.05) is 6.54 Å². The highest BCUT2D eigenvalue weighted by molar-refractivity contribution is 5.76. The summed E-state index contributed by atoms with van der Waals surface area (Å²) >= 11 is 0. The third kappa shape index (κ3) is 2.95. The second-order valence-corrected chi connectivity index (χ2v) is 3.92. The lowest BCUT2D eigenvalue weighted by molar-refractivity contribution is -0.122. The van der Waals surface area contributed by atoms with E-state index in [1.54, 1.807) is 18.5 Å². The molecule has 0 aliphatic carbocycles. The molecule has 0 spiro atoms. The van der Waals surface area contributed by atoms with E-state index in [1.807, 2.05) is 13.0 Å². The Morgan fingerprint density at radius 3 is 3.11 bits per heavy atom. The number of carbonyl (C=O) groups is 1. The molecule has 2 aromatic heterocycles. The van der Waals surface area contributed by atoms with Crippen LogP contribution in [0.15, 0.2) is 29.0 Å². The summed E-state index contributed by atoms with van der Waals surface area (Å²) in [6.45, 7) is 2.27. The number of aromatic nitrogens is 3. The van der Waals surface area contributed by atoms with Gasteiger partial charge in [-0.1, -0.05) is 5.21 Å². The third-order valence-electron chi connectivity index (χ3n) is 2.45. The van der Waals surface area contributed by atoms with Gasteiger partial charge in [0.2, 0.25) is 5.91 Å². The van der Waals surface area contributed by atoms with Gasteiger partial charge in [0.15, 0.2) is 0 Å². The molecule has 1 atom stereocenters. The van der Waals surface area contributed by atoms with Crippen LogP contribution in [0.1, 0.15) is 24.4 Å². The van der Waals surface area contributed by atoms with Gasteiger partial charge >= 0.3 is 0 Å². The van der Waals surface area contributed by atoms with Gasteiger partial charge in [0.05, 0.1) is 24.2 Å². The minimum absolute atomic E-state index is 0.109. The molecule has 0 saturated carbocycles. The summed E-state index contributed by atoms with van der Waals surface area (Å²) in [6, 6.07) is 3.42. The highest BCUT2D eigenvalue weighted by Crippen LogP contribution is 2.11. The van der Waals surface area contributed by atoms with Crippen LogP contribution in [-0.2, 0) is 17.9 Å². The normalized spacial score (nSPS) is 12.3. The quantitative estimate of drug-likeness (QED) is 0.789. The van der Waals surface area contributed by atoms with E-state index in [2.05, 4.69) is 15.6 Å². The lowest BCUT2D eigenvalue weighted by Gasteiger charge is -2.10. The standard InChI is InChI=1S/C11H15N5O2/c1-8(10-3-2-4-18-10)13-11(17)7-16-6-9(5-12)14-15-16/h2-4,6,8H,5,7,12H2,1H3,(H,13,17). The van der Waals surface area contributed by atoms with Crippen LogP contribution in [0.2, 0.25) is 0 Å². The molecule has 3 N–H and O–H groups in total. The summed E-state index contributed by atoms with van der Waals surface area (Å²) in [5.41, 5.74) is 6.06. The number of nitrogens with zero attached hydrogens (tertiary/aromatic N) is 3. The van der Waals surface area contributed by atoms with E-state index in [9.17, 15) is 4.79 Å². The number of carbonyl (C=O) groups excluding carboxylic acids is 1. The largest absolute Gasteiger partial charge is 0.467 e. The molecule has 2 heterocycles. The van der Waals surface area contributed by atoms with Crippen LogP contribution < -0.4 is 11.1 Å². The van der Waals surface area contributed by atoms with Gasteiger partial charge in [-0.15, -0.1) is 5.10 Å². The Kier molecular flexibility index (Phi) is 3.73. The zero-order valence-electron chi connectivity index (χ0n) is 10.0. The number of nitrogens with one attached hydrogen (secondary N) is 1. The van der Waals surface area contributed by atoms with E-state index >= 15 is 0 Å². The molecule has 2 aromatic rings. The fourth-order valence-electron chi connectivity index (χ4n) is 1.55. The Morgan fingerprint density at radius 1 is 1.67 bits per heavy atom. The Bertz CT molecular complexity index is 505. The number of hydrogen-bond donors (Lipinski definition) is 2. The van der Waals surface area contributed by atoms with E-state index in [1.165, 1.54) is 4.68 Å². The summed E-state index contributed by atoms with van der Waals surface area (Å²) in [7, 11) is 0. The molecule has 2 rings (SSSR count). The van der Waals surface area contributed by atoms with Crippen molar-refractivity contribution in [2.24, 2.45) is 5.73 Å². The van der Waals surface area contributed by atoms with Crippen molar-refractivity contribution in [3.63, 3.8) is 0 Å². The van der Waals surface area contributed by atoms with Crippen molar-refractivity contribution in [1.29, 1.82) is 0 Å². The van der Waals surface area contributed by atoms with Crippen LogP contribution in [0.5, 0.6) is 0 Å². The van der Waals surface area contributed by atoms with Crippen LogP contribution in [0.3, 0.4) is 0 Å². The molecule has 0 saturated heterocycles. The molecule has 18 heavy (non-hydrogen) atoms. The summed E-state index contributed by atoms with van der Waals surface area (Å²) in [6.07, 6.45) is 3.22. The minimum atomic E-state index is -0.176. The van der Waals surface area contributed by atoms with Gasteiger partial charge in [0.1, 0.15) is 12.3 Å². The minimum Gasteiger partial charge on any atom is -0.467 e. The van der Waals surface area contributed by atoms with E-state index < -0.39 is 0 Å². The molecular formula is C11H15N5O2. The van der Waals surface area contributed by atoms with Crippen LogP contribution in [0, 0.1) is 0 Å². The Morgan fingerprint density at radius 2 is 2.50 bits per heavy atom. The fourth-order valence-corrected chi connectivity index (χ4v) is 1.55. The van der Waals surface area contributed by atoms with E-state index in [0.717, 1.165) is 0 Å². The topological polar surface area (TPSA) is 99.0 Å². The lowest BCUT2D eigenvalue weighted by Crippen LogP contribution is -2.30. The number of hydrogen-bond acceptors (Lipinski definition) is 5. The van der Waals surface area contributed by atoms with Crippen molar-refractivity contribution in [3.05, 3.63) is 36.0 Å². The van der Waals surface area contributed by atoms with Crippen molar-refractivity contribution in [2.75, 3.05) is 0 Å². The predicted octanol–water partition coefficient (Wildman–Crippen LogP) is 0.207. The van der Waals surface area contributed by atoms with Gasteiger partial charge in [-0.2, -0.15) is 0 Å². The maximum Gasteiger partial charge on any atom is 0.242 e. The van der Waals surface area contributed by atoms with Crippen molar-refractivity contribution in [3.8, 4) is 0 Å². The molecule has 1 amide bonds. The molecule has 96 valence electrons. The first kappa shape index (κ1) is 12.3. The first-order valence-electron chi connectivity index (χ1n) is 5.61. The number of furan rings is 1. The monoisotopic (exact) mass is 249 g/mol. The highest BCUT2D eigenvalue weighted by atomic mass is 16.3. The zero-order chi connectivity index (χ0) is 13.0. The second-order valence-electron chi connectivity index (χ2n) is 3.92. The summed E-state index contributed by atoms with van der Waals surface area (Å²) in [4.78, 5) is 11.7. The van der Waals surface area contributed by atoms with E-state index in [-0.39, 0.29) is 18.5 Å². The average molecular weight is 249 g/mol. The van der Waals surface area contributed by atoms with E-state index in [0.29, 0.717) is 18.0 Å². The summed E-state index contributed by atoms with van der Waals surface area (Å²) in [5.74, 6) is 0.553. The SMILES string of the molecule is CC(NC(=O)Cn1cc(CN)nn1)c1ccco1. The first-order chi connectivity index (χ1) is 8.69. The molecule has 0 aromatic carbocycles. The second kappa shape index (κ2) is 5.46. The first-order valence-corrected chi connectivity index (χ1v) is 5.61. The van der Waals surface area contributed by atoms with Gasteiger partial charge in [0.25, 0.3) is 0 Å². The Labute approximate surface area is 104 Å². The number of amides is 1. The highest BCUT2D eigenvalue weighted by Gasteiger charge is 2.12. The van der Waals surface area contributed by atoms with Crippen molar-refractivity contribution >= 4 is 5.91 Å².